The van der Waals surface area contributed by atoms with Crippen molar-refractivity contribution < 1.29 is 14.2 Å². The molecule has 1 saturated carbocycles. The van der Waals surface area contributed by atoms with Crippen LogP contribution in [0.5, 0.6) is 0 Å². The molecule has 0 radical (unpaired) electrons. The van der Waals surface area contributed by atoms with Crippen LogP contribution in [0.2, 0.25) is 0 Å². The van der Waals surface area contributed by atoms with Crippen molar-refractivity contribution in [3.05, 3.63) is 8.96 Å². The quantitative estimate of drug-likeness (QED) is 0.419. The Balaban J connectivity index is 2.61. The van der Waals surface area contributed by atoms with E-state index in [0.29, 0.717) is 6.61 Å². The van der Waals surface area contributed by atoms with Gasteiger partial charge in [-0.25, -0.2) is 0 Å². The Morgan fingerprint density at radius 3 is 2.11 bits per heavy atom. The summed E-state index contributed by atoms with van der Waals surface area (Å²) in [6.45, 7) is 2.62. The van der Waals surface area contributed by atoms with Crippen molar-refractivity contribution in [3.63, 3.8) is 0 Å². The molecule has 1 fully saturated rings. The van der Waals surface area contributed by atoms with E-state index in [9.17, 15) is 0 Å². The molecule has 2 rings (SSSR count). The first kappa shape index (κ1) is 15.9. The molecule has 0 aromatic heterocycles. The zero-order valence-corrected chi connectivity index (χ0v) is 16.6. The van der Waals surface area contributed by atoms with Gasteiger partial charge in [0, 0.05) is 36.2 Å². The first-order valence-electron chi connectivity index (χ1n) is 5.51. The summed E-state index contributed by atoms with van der Waals surface area (Å²) >= 11 is 14.9. The van der Waals surface area contributed by atoms with Crippen LogP contribution in [-0.2, 0) is 14.2 Å². The van der Waals surface area contributed by atoms with E-state index in [4.69, 9.17) is 14.2 Å². The predicted octanol–water partition coefficient (Wildman–Crippen LogP) is 4.07. The second-order valence-electron chi connectivity index (χ2n) is 4.31. The molecule has 0 spiro atoms. The first-order chi connectivity index (χ1) is 8.35. The van der Waals surface area contributed by atoms with Gasteiger partial charge < -0.3 is 14.2 Å². The third-order valence-electron chi connectivity index (χ3n) is 3.71. The summed E-state index contributed by atoms with van der Waals surface area (Å²) in [6, 6.07) is 0. The highest BCUT2D eigenvalue weighted by molar-refractivity contribution is 9.16. The van der Waals surface area contributed by atoms with Crippen molar-refractivity contribution in [1.82, 2.24) is 0 Å². The number of ether oxygens (including phenoxy) is 3. The number of alkyl halides is 2. The van der Waals surface area contributed by atoms with Crippen LogP contribution in [0.1, 0.15) is 13.3 Å². The molecule has 0 amide bonds. The summed E-state index contributed by atoms with van der Waals surface area (Å²) in [4.78, 5) is 0. The lowest BCUT2D eigenvalue weighted by molar-refractivity contribution is -0.216. The average Bonchev–Trinajstić information content (AvgIpc) is 2.61. The van der Waals surface area contributed by atoms with Crippen molar-refractivity contribution in [2.24, 2.45) is 0 Å². The van der Waals surface area contributed by atoms with Crippen LogP contribution < -0.4 is 0 Å². The Morgan fingerprint density at radius 2 is 1.72 bits per heavy atom. The monoisotopic (exact) mass is 510 g/mol. The second kappa shape index (κ2) is 5.07. The maximum Gasteiger partial charge on any atom is 0.211 e. The van der Waals surface area contributed by atoms with Crippen molar-refractivity contribution in [3.8, 4) is 0 Å². The summed E-state index contributed by atoms with van der Waals surface area (Å²) in [5, 5.41) is 0. The molecule has 0 aromatic rings. The minimum atomic E-state index is -0.864. The Morgan fingerprint density at radius 1 is 1.17 bits per heavy atom. The molecule has 18 heavy (non-hydrogen) atoms. The van der Waals surface area contributed by atoms with Gasteiger partial charge in [-0.05, 0) is 6.92 Å². The van der Waals surface area contributed by atoms with E-state index in [0.717, 1.165) is 15.4 Å². The minimum Gasteiger partial charge on any atom is -0.376 e. The lowest BCUT2D eigenvalue weighted by Crippen LogP contribution is -2.57. The highest BCUT2D eigenvalue weighted by Crippen LogP contribution is 2.72. The van der Waals surface area contributed by atoms with Crippen LogP contribution in [-0.4, -0.2) is 41.4 Å². The van der Waals surface area contributed by atoms with Crippen molar-refractivity contribution in [2.75, 3.05) is 20.8 Å². The molecule has 3 atom stereocenters. The fourth-order valence-corrected chi connectivity index (χ4v) is 7.63. The zero-order chi connectivity index (χ0) is 13.8. The van der Waals surface area contributed by atoms with Gasteiger partial charge in [-0.15, -0.1) is 0 Å². The van der Waals surface area contributed by atoms with Gasteiger partial charge >= 0.3 is 0 Å². The summed E-state index contributed by atoms with van der Waals surface area (Å²) in [5.41, 5.74) is 0. The number of fused-ring (bicyclic) bond motifs is 2. The number of methoxy groups -OCH3 is 2. The molecule has 0 saturated heterocycles. The summed E-state index contributed by atoms with van der Waals surface area (Å²) < 4.78 is 18.3. The normalized spacial score (nSPS) is 41.8. The highest BCUT2D eigenvalue weighted by Gasteiger charge is 2.80. The van der Waals surface area contributed by atoms with Gasteiger partial charge in [-0.3, -0.25) is 0 Å². The molecule has 7 heteroatoms. The molecule has 0 unspecified atom stereocenters. The van der Waals surface area contributed by atoms with Crippen LogP contribution in [0.15, 0.2) is 8.96 Å². The lowest BCUT2D eigenvalue weighted by atomic mass is 10.0. The Bertz CT molecular complexity index is 396. The minimum absolute atomic E-state index is 0.0440. The third-order valence-corrected chi connectivity index (χ3v) is 10.1. The van der Waals surface area contributed by atoms with E-state index in [2.05, 4.69) is 63.7 Å². The zero-order valence-electron chi connectivity index (χ0n) is 10.2. The molecule has 3 nitrogen and oxygen atoms in total. The molecular formula is C11H14Br4O3. The van der Waals surface area contributed by atoms with Crippen LogP contribution in [0.3, 0.4) is 0 Å². The van der Waals surface area contributed by atoms with Gasteiger partial charge in [-0.1, -0.05) is 63.7 Å². The maximum absolute atomic E-state index is 5.86. The van der Waals surface area contributed by atoms with Crippen LogP contribution in [0.4, 0.5) is 0 Å². The maximum atomic E-state index is 5.86. The number of halogens is 4. The van der Waals surface area contributed by atoms with E-state index in [1.54, 1.807) is 14.2 Å². The third kappa shape index (κ3) is 1.56. The molecule has 2 aliphatic rings. The molecule has 2 bridgehead atoms. The van der Waals surface area contributed by atoms with Gasteiger partial charge in [-0.2, -0.15) is 0 Å². The number of hydrogen-bond acceptors (Lipinski definition) is 3. The number of hydrogen-bond donors (Lipinski definition) is 0. The molecule has 0 heterocycles. The highest BCUT2D eigenvalue weighted by atomic mass is 79.9. The molecule has 0 N–H and O–H groups in total. The fourth-order valence-electron chi connectivity index (χ4n) is 2.96. The molecule has 0 aliphatic heterocycles. The van der Waals surface area contributed by atoms with Gasteiger partial charge in [0.05, 0.1) is 6.10 Å². The first-order valence-corrected chi connectivity index (χ1v) is 8.68. The van der Waals surface area contributed by atoms with Crippen LogP contribution in [0.25, 0.3) is 0 Å². The van der Waals surface area contributed by atoms with Crippen molar-refractivity contribution in [2.45, 2.75) is 33.9 Å². The topological polar surface area (TPSA) is 27.7 Å². The largest absolute Gasteiger partial charge is 0.376 e. The Labute approximate surface area is 140 Å². The second-order valence-corrected chi connectivity index (χ2v) is 8.50. The summed E-state index contributed by atoms with van der Waals surface area (Å²) in [6.07, 6.45) is 0.709. The van der Waals surface area contributed by atoms with Gasteiger partial charge in [0.2, 0.25) is 5.79 Å². The Hall–Kier alpha value is 1.54. The van der Waals surface area contributed by atoms with Crippen LogP contribution in [0, 0.1) is 0 Å². The molecule has 104 valence electrons. The molecular weight excluding hydrogens is 500 g/mol. The summed E-state index contributed by atoms with van der Waals surface area (Å²) in [5.74, 6) is -0.864. The fraction of sp³-hybridized carbons (Fsp3) is 0.818. The average molecular weight is 514 g/mol. The van der Waals surface area contributed by atoms with Crippen molar-refractivity contribution in [1.29, 1.82) is 0 Å². The smallest absolute Gasteiger partial charge is 0.211 e. The van der Waals surface area contributed by atoms with E-state index >= 15 is 0 Å². The Kier molecular flexibility index (Phi) is 4.48. The lowest BCUT2D eigenvalue weighted by Gasteiger charge is -2.41. The molecule has 2 aliphatic carbocycles. The SMILES string of the molecule is CCO[C@H]1C[C@@]2(Br)C(Br)=C(Br)[C@]1(Br)C2(OC)OC. The van der Waals surface area contributed by atoms with Crippen molar-refractivity contribution >= 4 is 63.7 Å². The van der Waals surface area contributed by atoms with Crippen LogP contribution >= 0.6 is 63.7 Å². The van der Waals surface area contributed by atoms with E-state index in [1.165, 1.54) is 0 Å². The van der Waals surface area contributed by atoms with Gasteiger partial charge in [0.15, 0.2) is 0 Å². The predicted molar refractivity (Wildman–Crippen MR) is 85.0 cm³/mol. The van der Waals surface area contributed by atoms with Gasteiger partial charge in [0.1, 0.15) is 8.65 Å². The van der Waals surface area contributed by atoms with E-state index in [1.807, 2.05) is 6.92 Å². The van der Waals surface area contributed by atoms with E-state index < -0.39 is 14.4 Å². The van der Waals surface area contributed by atoms with E-state index in [-0.39, 0.29) is 6.10 Å². The standard InChI is InChI=1S/C11H14Br4O3/c1-4-18-6-5-9(14)7(12)8(13)10(6,15)11(9,16-2)17-3/h6H,4-5H2,1-3H3/t6-,9+,10-/m0/s1. The molecule has 0 aromatic carbocycles. The summed E-state index contributed by atoms with van der Waals surface area (Å²) in [7, 11) is 3.30. The van der Waals surface area contributed by atoms with Gasteiger partial charge in [0.25, 0.3) is 0 Å². The number of rotatable bonds is 4.